The fraction of sp³-hybridized carbons (Fsp3) is 0.200. The maximum atomic E-state index is 11.8. The first-order valence-electron chi connectivity index (χ1n) is 6.32. The number of esters is 1. The van der Waals surface area contributed by atoms with E-state index < -0.39 is 11.9 Å². The summed E-state index contributed by atoms with van der Waals surface area (Å²) in [5, 5.41) is 2.94. The lowest BCUT2D eigenvalue weighted by Crippen LogP contribution is -2.31. The monoisotopic (exact) mass is 307 g/mol. The second kappa shape index (κ2) is 6.95. The van der Waals surface area contributed by atoms with Gasteiger partial charge >= 0.3 is 5.97 Å². The Morgan fingerprint density at radius 2 is 2.05 bits per heavy atom. The van der Waals surface area contributed by atoms with Crippen LogP contribution < -0.4 is 5.32 Å². The number of amides is 1. The third kappa shape index (κ3) is 4.10. The fourth-order valence-corrected chi connectivity index (χ4v) is 1.94. The van der Waals surface area contributed by atoms with Gasteiger partial charge in [0.05, 0.1) is 22.9 Å². The molecule has 1 amide bonds. The zero-order valence-electron chi connectivity index (χ0n) is 11.3. The van der Waals surface area contributed by atoms with E-state index in [0.29, 0.717) is 5.76 Å². The van der Waals surface area contributed by atoms with Gasteiger partial charge in [0.1, 0.15) is 5.76 Å². The quantitative estimate of drug-likeness (QED) is 0.862. The third-order valence-corrected chi connectivity index (χ3v) is 3.11. The van der Waals surface area contributed by atoms with Crippen LogP contribution in [0.1, 0.15) is 29.1 Å². The lowest BCUT2D eigenvalue weighted by atomic mass is 10.2. The summed E-state index contributed by atoms with van der Waals surface area (Å²) in [5.74, 6) is -0.429. The minimum atomic E-state index is -0.638. The van der Waals surface area contributed by atoms with Crippen molar-refractivity contribution in [3.05, 3.63) is 59.0 Å². The van der Waals surface area contributed by atoms with Crippen LogP contribution in [-0.4, -0.2) is 18.5 Å². The third-order valence-electron chi connectivity index (χ3n) is 2.78. The van der Waals surface area contributed by atoms with E-state index in [9.17, 15) is 9.59 Å². The fourth-order valence-electron chi connectivity index (χ4n) is 1.73. The topological polar surface area (TPSA) is 68.5 Å². The van der Waals surface area contributed by atoms with Crippen molar-refractivity contribution in [3.63, 3.8) is 0 Å². The van der Waals surface area contributed by atoms with Crippen molar-refractivity contribution in [1.82, 2.24) is 5.32 Å². The number of carbonyl (C=O) groups is 2. The van der Waals surface area contributed by atoms with Crippen LogP contribution in [0.2, 0.25) is 5.02 Å². The summed E-state index contributed by atoms with van der Waals surface area (Å²) in [7, 11) is 0. The SMILES string of the molecule is C[C@@H](NC(=O)COC(=O)c1ccccc1Cl)c1ccco1. The highest BCUT2D eigenvalue weighted by Crippen LogP contribution is 2.16. The summed E-state index contributed by atoms with van der Waals surface area (Å²) in [6.07, 6.45) is 1.52. The molecule has 0 saturated carbocycles. The number of furan rings is 1. The molecule has 1 aromatic carbocycles. The minimum absolute atomic E-state index is 0.228. The van der Waals surface area contributed by atoms with E-state index >= 15 is 0 Å². The van der Waals surface area contributed by atoms with Crippen LogP contribution in [0.25, 0.3) is 0 Å². The van der Waals surface area contributed by atoms with E-state index in [2.05, 4.69) is 5.32 Å². The molecule has 1 heterocycles. The van der Waals surface area contributed by atoms with E-state index in [1.54, 1.807) is 37.3 Å². The maximum absolute atomic E-state index is 11.8. The minimum Gasteiger partial charge on any atom is -0.467 e. The summed E-state index contributed by atoms with van der Waals surface area (Å²) < 4.78 is 10.1. The molecule has 1 N–H and O–H groups in total. The number of hydrogen-bond donors (Lipinski definition) is 1. The number of carbonyl (C=O) groups excluding carboxylic acids is 2. The van der Waals surface area contributed by atoms with E-state index in [-0.39, 0.29) is 23.2 Å². The standard InChI is InChI=1S/C15H14ClNO4/c1-10(13-7-4-8-20-13)17-14(18)9-21-15(19)11-5-2-3-6-12(11)16/h2-8,10H,9H2,1H3,(H,17,18)/t10-/m1/s1. The van der Waals surface area contributed by atoms with E-state index in [0.717, 1.165) is 0 Å². The van der Waals surface area contributed by atoms with Gasteiger partial charge in [-0.25, -0.2) is 4.79 Å². The lowest BCUT2D eigenvalue weighted by Gasteiger charge is -2.11. The van der Waals surface area contributed by atoms with Gasteiger partial charge in [-0.3, -0.25) is 4.79 Å². The summed E-state index contributed by atoms with van der Waals surface area (Å²) >= 11 is 5.87. The highest BCUT2D eigenvalue weighted by Gasteiger charge is 2.15. The molecule has 2 rings (SSSR count). The van der Waals surface area contributed by atoms with Gasteiger partial charge in [0, 0.05) is 0 Å². The Labute approximate surface area is 126 Å². The summed E-state index contributed by atoms with van der Waals surface area (Å²) in [5.41, 5.74) is 0.228. The highest BCUT2D eigenvalue weighted by molar-refractivity contribution is 6.33. The van der Waals surface area contributed by atoms with Gasteiger partial charge in [-0.2, -0.15) is 0 Å². The van der Waals surface area contributed by atoms with Crippen LogP contribution in [-0.2, 0) is 9.53 Å². The van der Waals surface area contributed by atoms with Crippen LogP contribution in [0.5, 0.6) is 0 Å². The molecular formula is C15H14ClNO4. The molecule has 1 atom stereocenters. The van der Waals surface area contributed by atoms with Crippen molar-refractivity contribution in [2.45, 2.75) is 13.0 Å². The number of nitrogens with one attached hydrogen (secondary N) is 1. The van der Waals surface area contributed by atoms with E-state index in [4.69, 9.17) is 20.8 Å². The average Bonchev–Trinajstić information content (AvgIpc) is 2.99. The molecule has 5 nitrogen and oxygen atoms in total. The molecule has 0 bridgehead atoms. The normalized spacial score (nSPS) is 11.7. The molecule has 0 saturated heterocycles. The molecule has 110 valence electrons. The molecule has 6 heteroatoms. The molecule has 0 aliphatic rings. The van der Waals surface area contributed by atoms with Gasteiger partial charge in [0.15, 0.2) is 6.61 Å². The lowest BCUT2D eigenvalue weighted by molar-refractivity contribution is -0.125. The molecule has 0 fully saturated rings. The van der Waals surface area contributed by atoms with Crippen molar-refractivity contribution in [2.24, 2.45) is 0 Å². The predicted molar refractivity (Wildman–Crippen MR) is 77.0 cm³/mol. The van der Waals surface area contributed by atoms with Crippen molar-refractivity contribution in [2.75, 3.05) is 6.61 Å². The van der Waals surface area contributed by atoms with Crippen LogP contribution in [0, 0.1) is 0 Å². The van der Waals surface area contributed by atoms with Crippen LogP contribution in [0.4, 0.5) is 0 Å². The predicted octanol–water partition coefficient (Wildman–Crippen LogP) is 2.97. The van der Waals surface area contributed by atoms with Gasteiger partial charge in [0.25, 0.3) is 5.91 Å². The maximum Gasteiger partial charge on any atom is 0.340 e. The smallest absolute Gasteiger partial charge is 0.340 e. The Hall–Kier alpha value is -2.27. The molecule has 0 spiro atoms. The van der Waals surface area contributed by atoms with Crippen LogP contribution in [0.3, 0.4) is 0 Å². The average molecular weight is 308 g/mol. The number of halogens is 1. The molecular weight excluding hydrogens is 294 g/mol. The Balaban J connectivity index is 1.84. The zero-order valence-corrected chi connectivity index (χ0v) is 12.1. The molecule has 0 aliphatic heterocycles. The first kappa shape index (κ1) is 15.1. The van der Waals surface area contributed by atoms with E-state index in [1.165, 1.54) is 12.3 Å². The number of ether oxygens (including phenoxy) is 1. The number of hydrogen-bond acceptors (Lipinski definition) is 4. The van der Waals surface area contributed by atoms with Crippen LogP contribution >= 0.6 is 11.6 Å². The molecule has 0 unspecified atom stereocenters. The zero-order chi connectivity index (χ0) is 15.2. The van der Waals surface area contributed by atoms with Gasteiger partial charge < -0.3 is 14.5 Å². The molecule has 0 aliphatic carbocycles. The Bertz CT molecular complexity index is 624. The number of benzene rings is 1. The molecule has 1 aromatic heterocycles. The highest BCUT2D eigenvalue weighted by atomic mass is 35.5. The van der Waals surface area contributed by atoms with Gasteiger partial charge in [-0.1, -0.05) is 23.7 Å². The largest absolute Gasteiger partial charge is 0.467 e. The Kier molecular flexibility index (Phi) is 5.00. The van der Waals surface area contributed by atoms with Gasteiger partial charge in [-0.15, -0.1) is 0 Å². The Morgan fingerprint density at radius 1 is 1.29 bits per heavy atom. The van der Waals surface area contributed by atoms with Crippen molar-refractivity contribution in [3.8, 4) is 0 Å². The van der Waals surface area contributed by atoms with Crippen molar-refractivity contribution < 1.29 is 18.7 Å². The first-order chi connectivity index (χ1) is 10.1. The second-order valence-corrected chi connectivity index (χ2v) is 4.77. The first-order valence-corrected chi connectivity index (χ1v) is 6.70. The van der Waals surface area contributed by atoms with Crippen molar-refractivity contribution >= 4 is 23.5 Å². The van der Waals surface area contributed by atoms with E-state index in [1.807, 2.05) is 0 Å². The summed E-state index contributed by atoms with van der Waals surface area (Å²) in [6.45, 7) is 1.39. The second-order valence-electron chi connectivity index (χ2n) is 4.36. The van der Waals surface area contributed by atoms with Crippen molar-refractivity contribution in [1.29, 1.82) is 0 Å². The Morgan fingerprint density at radius 3 is 2.71 bits per heavy atom. The summed E-state index contributed by atoms with van der Waals surface area (Å²) in [4.78, 5) is 23.5. The molecule has 0 radical (unpaired) electrons. The number of rotatable bonds is 5. The van der Waals surface area contributed by atoms with Gasteiger partial charge in [0.2, 0.25) is 0 Å². The summed E-state index contributed by atoms with van der Waals surface area (Å²) in [6, 6.07) is 9.67. The molecule has 21 heavy (non-hydrogen) atoms. The molecule has 2 aromatic rings. The van der Waals surface area contributed by atoms with Gasteiger partial charge in [-0.05, 0) is 31.2 Å². The van der Waals surface area contributed by atoms with Crippen LogP contribution in [0.15, 0.2) is 47.1 Å².